The van der Waals surface area contributed by atoms with Gasteiger partial charge in [-0.25, -0.2) is 4.99 Å². The van der Waals surface area contributed by atoms with E-state index in [0.29, 0.717) is 5.92 Å². The monoisotopic (exact) mass is 139 g/mol. The van der Waals surface area contributed by atoms with Gasteiger partial charge in [0.15, 0.2) is 0 Å². The summed E-state index contributed by atoms with van der Waals surface area (Å²) >= 11 is 1.64. The van der Waals surface area contributed by atoms with Crippen molar-refractivity contribution < 1.29 is 0 Å². The van der Waals surface area contributed by atoms with E-state index >= 15 is 0 Å². The lowest BCUT2D eigenvalue weighted by Crippen LogP contribution is -1.90. The Labute approximate surface area is 59.6 Å². The van der Waals surface area contributed by atoms with Crippen LogP contribution in [0.3, 0.4) is 0 Å². The van der Waals surface area contributed by atoms with Crippen LogP contribution in [-0.4, -0.2) is 5.87 Å². The first kappa shape index (κ1) is 6.66. The highest BCUT2D eigenvalue weighted by molar-refractivity contribution is 8.05. The lowest BCUT2D eigenvalue weighted by atomic mass is 10.2. The van der Waals surface area contributed by atoms with Crippen LogP contribution >= 0.6 is 11.8 Å². The van der Waals surface area contributed by atoms with E-state index in [2.05, 4.69) is 30.1 Å². The van der Waals surface area contributed by atoms with Crippen LogP contribution in [0.2, 0.25) is 0 Å². The largest absolute Gasteiger partial charge is 0.209 e. The fraction of sp³-hybridized carbons (Fsp3) is 0.429. The highest BCUT2D eigenvalue weighted by Gasteiger charge is 2.00. The van der Waals surface area contributed by atoms with Gasteiger partial charge in [0.1, 0.15) is 0 Å². The van der Waals surface area contributed by atoms with Crippen molar-refractivity contribution in [3.8, 4) is 0 Å². The van der Waals surface area contributed by atoms with Gasteiger partial charge in [-0.1, -0.05) is 25.6 Å². The van der Waals surface area contributed by atoms with Crippen LogP contribution in [0.25, 0.3) is 0 Å². The summed E-state index contributed by atoms with van der Waals surface area (Å²) in [4.78, 5) is 4.06. The van der Waals surface area contributed by atoms with Crippen molar-refractivity contribution >= 4 is 17.6 Å². The van der Waals surface area contributed by atoms with Gasteiger partial charge >= 0.3 is 0 Å². The van der Waals surface area contributed by atoms with Crippen molar-refractivity contribution in [1.29, 1.82) is 0 Å². The van der Waals surface area contributed by atoms with E-state index in [-0.39, 0.29) is 0 Å². The van der Waals surface area contributed by atoms with E-state index in [1.54, 1.807) is 11.8 Å². The lowest BCUT2D eigenvalue weighted by Gasteiger charge is -2.03. The van der Waals surface area contributed by atoms with E-state index in [1.807, 2.05) is 5.41 Å². The van der Waals surface area contributed by atoms with Gasteiger partial charge in [-0.2, -0.15) is 0 Å². The number of allylic oxidation sites excluding steroid dienone is 1. The maximum Gasteiger partial charge on any atom is 0.0595 e. The predicted octanol–water partition coefficient (Wildman–Crippen LogP) is 2.41. The second-order valence-corrected chi connectivity index (χ2v) is 2.94. The Morgan fingerprint density at radius 1 is 1.67 bits per heavy atom. The number of rotatable bonds is 1. The van der Waals surface area contributed by atoms with Gasteiger partial charge < -0.3 is 0 Å². The summed E-state index contributed by atoms with van der Waals surface area (Å²) < 4.78 is 0. The first-order chi connectivity index (χ1) is 4.30. The van der Waals surface area contributed by atoms with Gasteiger partial charge in [0, 0.05) is 5.41 Å². The molecule has 9 heavy (non-hydrogen) atoms. The summed E-state index contributed by atoms with van der Waals surface area (Å²) in [5.74, 6) is 3.34. The van der Waals surface area contributed by atoms with Crippen molar-refractivity contribution in [2.24, 2.45) is 10.9 Å². The molecular formula is C7H9NS. The Bertz CT molecular complexity index is 185. The molecule has 0 aliphatic carbocycles. The van der Waals surface area contributed by atoms with E-state index < -0.39 is 0 Å². The van der Waals surface area contributed by atoms with Crippen LogP contribution < -0.4 is 0 Å². The van der Waals surface area contributed by atoms with Crippen LogP contribution in [-0.2, 0) is 0 Å². The average molecular weight is 139 g/mol. The molecule has 0 fully saturated rings. The summed E-state index contributed by atoms with van der Waals surface area (Å²) in [5, 5.41) is 3.91. The number of hydrogen-bond acceptors (Lipinski definition) is 2. The third-order valence-corrected chi connectivity index (χ3v) is 1.71. The molecule has 0 unspecified atom stereocenters. The molecule has 0 amide bonds. The molecule has 1 rings (SSSR count). The second-order valence-electron chi connectivity index (χ2n) is 2.19. The SMILES string of the molecule is CC(C)C1=CSC=C=N1. The van der Waals surface area contributed by atoms with Gasteiger partial charge in [-0.3, -0.25) is 0 Å². The molecule has 0 atom stereocenters. The van der Waals surface area contributed by atoms with Crippen molar-refractivity contribution in [3.63, 3.8) is 0 Å². The Balaban J connectivity index is 2.72. The molecule has 1 nitrogen and oxygen atoms in total. The van der Waals surface area contributed by atoms with Gasteiger partial charge in [0.05, 0.1) is 5.70 Å². The molecule has 1 heterocycles. The van der Waals surface area contributed by atoms with E-state index in [9.17, 15) is 0 Å². The van der Waals surface area contributed by atoms with Gasteiger partial charge in [-0.15, -0.1) is 0 Å². The minimum absolute atomic E-state index is 0.527. The fourth-order valence-electron chi connectivity index (χ4n) is 0.527. The molecule has 48 valence electrons. The Morgan fingerprint density at radius 3 is 2.78 bits per heavy atom. The first-order valence-corrected chi connectivity index (χ1v) is 3.88. The molecule has 0 radical (unpaired) electrons. The Morgan fingerprint density at radius 2 is 2.44 bits per heavy atom. The molecule has 1 aliphatic heterocycles. The zero-order valence-electron chi connectivity index (χ0n) is 5.59. The van der Waals surface area contributed by atoms with Crippen molar-refractivity contribution in [3.05, 3.63) is 16.5 Å². The molecule has 2 heteroatoms. The second kappa shape index (κ2) is 2.90. The molecule has 0 aromatic heterocycles. The highest BCUT2D eigenvalue weighted by atomic mass is 32.2. The molecule has 0 saturated carbocycles. The minimum Gasteiger partial charge on any atom is -0.209 e. The van der Waals surface area contributed by atoms with E-state index in [4.69, 9.17) is 0 Å². The number of thioether (sulfide) groups is 1. The number of aliphatic imine (C=N–C) groups is 1. The molecule has 1 aliphatic rings. The normalized spacial score (nSPS) is 16.6. The van der Waals surface area contributed by atoms with Crippen LogP contribution in [0.1, 0.15) is 13.8 Å². The van der Waals surface area contributed by atoms with Crippen LogP contribution in [0.4, 0.5) is 0 Å². The van der Waals surface area contributed by atoms with Crippen LogP contribution in [0, 0.1) is 5.92 Å². The van der Waals surface area contributed by atoms with Crippen LogP contribution in [0.5, 0.6) is 0 Å². The smallest absolute Gasteiger partial charge is 0.0595 e. The molecule has 0 aromatic rings. The molecule has 0 spiro atoms. The number of nitrogens with zero attached hydrogens (tertiary/aromatic N) is 1. The minimum atomic E-state index is 0.527. The molecule has 0 saturated heterocycles. The summed E-state index contributed by atoms with van der Waals surface area (Å²) in [6.45, 7) is 4.26. The topological polar surface area (TPSA) is 12.4 Å². The van der Waals surface area contributed by atoms with Crippen molar-refractivity contribution in [2.45, 2.75) is 13.8 Å². The number of hydrogen-bond donors (Lipinski definition) is 0. The molecule has 0 bridgehead atoms. The highest BCUT2D eigenvalue weighted by Crippen LogP contribution is 2.18. The fourth-order valence-corrected chi connectivity index (χ4v) is 1.17. The third kappa shape index (κ3) is 1.74. The summed E-state index contributed by atoms with van der Waals surface area (Å²) in [6, 6.07) is 0. The maximum absolute atomic E-state index is 4.06. The predicted molar refractivity (Wildman–Crippen MR) is 42.5 cm³/mol. The van der Waals surface area contributed by atoms with E-state index in [1.165, 1.54) is 0 Å². The quantitative estimate of drug-likeness (QED) is 0.543. The maximum atomic E-state index is 4.06. The molecule has 0 N–H and O–H groups in total. The Kier molecular flexibility index (Phi) is 2.15. The summed E-state index contributed by atoms with van der Waals surface area (Å²) in [6.07, 6.45) is 0. The van der Waals surface area contributed by atoms with Crippen molar-refractivity contribution in [2.75, 3.05) is 0 Å². The van der Waals surface area contributed by atoms with Crippen molar-refractivity contribution in [1.82, 2.24) is 0 Å². The van der Waals surface area contributed by atoms with Gasteiger partial charge in [0.25, 0.3) is 0 Å². The summed E-state index contributed by atoms with van der Waals surface area (Å²) in [7, 11) is 0. The first-order valence-electron chi connectivity index (χ1n) is 2.94. The van der Waals surface area contributed by atoms with E-state index in [0.717, 1.165) is 5.70 Å². The third-order valence-electron chi connectivity index (χ3n) is 1.09. The molecule has 0 aromatic carbocycles. The average Bonchev–Trinajstić information content (AvgIpc) is 1.90. The van der Waals surface area contributed by atoms with Crippen LogP contribution in [0.15, 0.2) is 21.5 Å². The lowest BCUT2D eigenvalue weighted by molar-refractivity contribution is 0.762. The van der Waals surface area contributed by atoms with Gasteiger partial charge in [0.2, 0.25) is 0 Å². The zero-order chi connectivity index (χ0) is 6.69. The standard InChI is InChI=1S/C7H9NS/c1-6(2)7-5-9-4-3-8-7/h4-6H,1-2H3. The zero-order valence-corrected chi connectivity index (χ0v) is 6.40. The summed E-state index contributed by atoms with van der Waals surface area (Å²) in [5.41, 5.74) is 1.13. The van der Waals surface area contributed by atoms with Gasteiger partial charge in [-0.05, 0) is 17.2 Å². The Hall–Kier alpha value is -0.460. The molecular weight excluding hydrogens is 130 g/mol.